The number of para-hydroxylation sites is 1. The Labute approximate surface area is 121 Å². The highest BCUT2D eigenvalue weighted by Crippen LogP contribution is 2.26. The fourth-order valence-electron chi connectivity index (χ4n) is 2.73. The van der Waals surface area contributed by atoms with Gasteiger partial charge < -0.3 is 9.67 Å². The molecule has 3 rings (SSSR count). The molecule has 1 heterocycles. The van der Waals surface area contributed by atoms with E-state index in [1.165, 1.54) is 12.1 Å². The van der Waals surface area contributed by atoms with Crippen molar-refractivity contribution in [3.8, 4) is 0 Å². The zero-order valence-electron chi connectivity index (χ0n) is 11.5. The summed E-state index contributed by atoms with van der Waals surface area (Å²) in [5.74, 6) is -1.29. The van der Waals surface area contributed by atoms with E-state index in [9.17, 15) is 14.3 Å². The molecule has 0 spiro atoms. The fourth-order valence-corrected chi connectivity index (χ4v) is 2.73. The normalized spacial score (nSPS) is 11.0. The van der Waals surface area contributed by atoms with E-state index in [-0.39, 0.29) is 11.5 Å². The highest BCUT2D eigenvalue weighted by molar-refractivity contribution is 5.98. The van der Waals surface area contributed by atoms with Crippen molar-refractivity contribution in [3.05, 3.63) is 71.2 Å². The number of carbonyl (C=O) groups is 1. The topological polar surface area (TPSA) is 42.2 Å². The van der Waals surface area contributed by atoms with Gasteiger partial charge in [-0.15, -0.1) is 0 Å². The Morgan fingerprint density at radius 3 is 2.67 bits per heavy atom. The first-order valence-electron chi connectivity index (χ1n) is 6.63. The zero-order valence-corrected chi connectivity index (χ0v) is 11.5. The largest absolute Gasteiger partial charge is 0.477 e. The molecule has 0 radical (unpaired) electrons. The van der Waals surface area contributed by atoms with Crippen molar-refractivity contribution in [2.24, 2.45) is 0 Å². The van der Waals surface area contributed by atoms with Crippen molar-refractivity contribution in [3.63, 3.8) is 0 Å². The lowest BCUT2D eigenvalue weighted by atomic mass is 10.1. The van der Waals surface area contributed by atoms with Crippen LogP contribution in [0.3, 0.4) is 0 Å². The second kappa shape index (κ2) is 5.05. The van der Waals surface area contributed by atoms with Crippen molar-refractivity contribution < 1.29 is 14.3 Å². The van der Waals surface area contributed by atoms with Crippen LogP contribution in [0.1, 0.15) is 21.6 Å². The first kappa shape index (κ1) is 13.4. The number of aromatic carboxylic acids is 1. The van der Waals surface area contributed by atoms with Crippen LogP contribution in [-0.2, 0) is 6.54 Å². The minimum Gasteiger partial charge on any atom is -0.477 e. The Kier molecular flexibility index (Phi) is 3.22. The average molecular weight is 283 g/mol. The van der Waals surface area contributed by atoms with Crippen LogP contribution < -0.4 is 0 Å². The molecular weight excluding hydrogens is 269 g/mol. The van der Waals surface area contributed by atoms with Crippen molar-refractivity contribution >= 4 is 16.9 Å². The van der Waals surface area contributed by atoms with Crippen LogP contribution in [0.2, 0.25) is 0 Å². The third-order valence-corrected chi connectivity index (χ3v) is 3.66. The summed E-state index contributed by atoms with van der Waals surface area (Å²) in [6.07, 6.45) is 0. The number of carboxylic acids is 1. The third-order valence-electron chi connectivity index (χ3n) is 3.66. The molecule has 0 bridgehead atoms. The molecule has 3 nitrogen and oxygen atoms in total. The van der Waals surface area contributed by atoms with Crippen LogP contribution in [0.4, 0.5) is 4.39 Å². The molecular formula is C17H14FNO2. The van der Waals surface area contributed by atoms with Crippen LogP contribution in [0.15, 0.2) is 48.5 Å². The highest BCUT2D eigenvalue weighted by atomic mass is 19.1. The van der Waals surface area contributed by atoms with Gasteiger partial charge in [-0.1, -0.05) is 30.3 Å². The number of aryl methyl sites for hydroxylation is 1. The molecule has 0 aliphatic rings. The molecule has 21 heavy (non-hydrogen) atoms. The summed E-state index contributed by atoms with van der Waals surface area (Å²) in [4.78, 5) is 11.6. The summed E-state index contributed by atoms with van der Waals surface area (Å²) in [6.45, 7) is 2.13. The maximum absolute atomic E-state index is 13.3. The van der Waals surface area contributed by atoms with Gasteiger partial charge in [-0.2, -0.15) is 0 Å². The van der Waals surface area contributed by atoms with Crippen molar-refractivity contribution in [1.29, 1.82) is 0 Å². The summed E-state index contributed by atoms with van der Waals surface area (Å²) in [5, 5.41) is 10.4. The Morgan fingerprint density at radius 2 is 1.95 bits per heavy atom. The van der Waals surface area contributed by atoms with Gasteiger partial charge in [0.1, 0.15) is 11.5 Å². The third kappa shape index (κ3) is 2.29. The Bertz CT molecular complexity index is 836. The Morgan fingerprint density at radius 1 is 1.19 bits per heavy atom. The van der Waals surface area contributed by atoms with Crippen LogP contribution in [-0.4, -0.2) is 15.6 Å². The van der Waals surface area contributed by atoms with Gasteiger partial charge in [0.2, 0.25) is 0 Å². The van der Waals surface area contributed by atoms with Gasteiger partial charge in [-0.25, -0.2) is 9.18 Å². The molecule has 0 atom stereocenters. The molecule has 0 aliphatic heterocycles. The van der Waals surface area contributed by atoms with E-state index in [0.717, 1.165) is 22.0 Å². The van der Waals surface area contributed by atoms with Crippen molar-refractivity contribution in [2.75, 3.05) is 0 Å². The van der Waals surface area contributed by atoms with E-state index in [0.29, 0.717) is 6.54 Å². The second-order valence-electron chi connectivity index (χ2n) is 5.01. The lowest BCUT2D eigenvalue weighted by Gasteiger charge is -2.09. The predicted octanol–water partition coefficient (Wildman–Crippen LogP) is 3.84. The number of hydrogen-bond donors (Lipinski definition) is 1. The Balaban J connectivity index is 2.21. The van der Waals surface area contributed by atoms with E-state index in [1.807, 2.05) is 24.3 Å². The highest BCUT2D eigenvalue weighted by Gasteiger charge is 2.19. The standard InChI is InChI=1S/C17H14FNO2/c1-11-14-7-2-3-8-15(14)19(16(11)17(20)21)10-12-5-4-6-13(18)9-12/h2-9H,10H2,1H3,(H,20,21). The SMILES string of the molecule is Cc1c(C(=O)O)n(Cc2cccc(F)c2)c2ccccc12. The molecule has 0 saturated carbocycles. The first-order chi connectivity index (χ1) is 10.1. The smallest absolute Gasteiger partial charge is 0.352 e. The van der Waals surface area contributed by atoms with E-state index in [4.69, 9.17) is 0 Å². The van der Waals surface area contributed by atoms with E-state index >= 15 is 0 Å². The number of nitrogens with zero attached hydrogens (tertiary/aromatic N) is 1. The molecule has 106 valence electrons. The molecule has 4 heteroatoms. The Hall–Kier alpha value is -2.62. The number of aromatic nitrogens is 1. The average Bonchev–Trinajstić information content (AvgIpc) is 2.73. The molecule has 0 saturated heterocycles. The maximum Gasteiger partial charge on any atom is 0.352 e. The van der Waals surface area contributed by atoms with E-state index < -0.39 is 5.97 Å². The molecule has 2 aromatic carbocycles. The molecule has 0 fully saturated rings. The summed E-state index contributed by atoms with van der Waals surface area (Å²) in [5.41, 5.74) is 2.56. The number of benzene rings is 2. The minimum absolute atomic E-state index is 0.250. The zero-order chi connectivity index (χ0) is 15.0. The molecule has 0 aliphatic carbocycles. The first-order valence-corrected chi connectivity index (χ1v) is 6.63. The lowest BCUT2D eigenvalue weighted by molar-refractivity contribution is 0.0685. The monoisotopic (exact) mass is 283 g/mol. The van der Waals surface area contributed by atoms with Gasteiger partial charge in [-0.3, -0.25) is 0 Å². The van der Waals surface area contributed by atoms with E-state index in [2.05, 4.69) is 0 Å². The van der Waals surface area contributed by atoms with Gasteiger partial charge in [0.05, 0.1) is 0 Å². The van der Waals surface area contributed by atoms with Gasteiger partial charge in [-0.05, 0) is 36.2 Å². The molecule has 1 aromatic heterocycles. The number of fused-ring (bicyclic) bond motifs is 1. The summed E-state index contributed by atoms with van der Waals surface area (Å²) < 4.78 is 15.0. The lowest BCUT2D eigenvalue weighted by Crippen LogP contribution is -2.10. The van der Waals surface area contributed by atoms with Crippen LogP contribution in [0, 0.1) is 12.7 Å². The summed E-state index contributed by atoms with van der Waals surface area (Å²) >= 11 is 0. The number of hydrogen-bond acceptors (Lipinski definition) is 1. The number of rotatable bonds is 3. The molecule has 3 aromatic rings. The van der Waals surface area contributed by atoms with Crippen LogP contribution in [0.25, 0.3) is 10.9 Å². The summed E-state index contributed by atoms with van der Waals surface area (Å²) in [7, 11) is 0. The quantitative estimate of drug-likeness (QED) is 0.793. The van der Waals surface area contributed by atoms with Gasteiger partial charge in [0.15, 0.2) is 0 Å². The van der Waals surface area contributed by atoms with Gasteiger partial charge in [0.25, 0.3) is 0 Å². The fraction of sp³-hybridized carbons (Fsp3) is 0.118. The predicted molar refractivity (Wildman–Crippen MR) is 79.1 cm³/mol. The van der Waals surface area contributed by atoms with Gasteiger partial charge >= 0.3 is 5.97 Å². The van der Waals surface area contributed by atoms with Crippen LogP contribution in [0.5, 0.6) is 0 Å². The van der Waals surface area contributed by atoms with Crippen molar-refractivity contribution in [2.45, 2.75) is 13.5 Å². The van der Waals surface area contributed by atoms with E-state index in [1.54, 1.807) is 23.6 Å². The number of carboxylic acid groups (broad SMARTS) is 1. The molecule has 0 unspecified atom stereocenters. The van der Waals surface area contributed by atoms with Gasteiger partial charge in [0, 0.05) is 17.4 Å². The molecule has 0 amide bonds. The number of halogens is 1. The van der Waals surface area contributed by atoms with Crippen molar-refractivity contribution in [1.82, 2.24) is 4.57 Å². The maximum atomic E-state index is 13.3. The minimum atomic E-state index is -0.972. The second-order valence-corrected chi connectivity index (χ2v) is 5.01. The molecule has 1 N–H and O–H groups in total. The summed E-state index contributed by atoms with van der Waals surface area (Å²) in [6, 6.07) is 13.8. The van der Waals surface area contributed by atoms with Crippen LogP contribution >= 0.6 is 0 Å².